The first kappa shape index (κ1) is 53.6. The summed E-state index contributed by atoms with van der Waals surface area (Å²) >= 11 is 2.83. The first-order valence-electron chi connectivity index (χ1n) is 22.1. The minimum absolute atomic E-state index is 0.235. The van der Waals surface area contributed by atoms with E-state index in [0.29, 0.717) is 40.8 Å². The van der Waals surface area contributed by atoms with Crippen LogP contribution in [-0.4, -0.2) is 96.9 Å². The highest BCUT2D eigenvalue weighted by atomic mass is 32.2. The summed E-state index contributed by atoms with van der Waals surface area (Å²) in [5, 5.41) is 17.9. The van der Waals surface area contributed by atoms with Crippen molar-refractivity contribution in [2.45, 2.75) is 100 Å². The van der Waals surface area contributed by atoms with Gasteiger partial charge in [0.15, 0.2) is 0 Å². The third-order valence-corrected chi connectivity index (χ3v) is 12.6. The number of carbonyl (C=O) groups excluding carboxylic acids is 4. The van der Waals surface area contributed by atoms with Crippen molar-refractivity contribution < 1.29 is 57.9 Å². The summed E-state index contributed by atoms with van der Waals surface area (Å²) in [5.41, 5.74) is 4.26. The van der Waals surface area contributed by atoms with E-state index in [-0.39, 0.29) is 35.5 Å². The van der Waals surface area contributed by atoms with Crippen LogP contribution in [0.2, 0.25) is 0 Å². The predicted molar refractivity (Wildman–Crippen MR) is 261 cm³/mol. The Morgan fingerprint density at radius 3 is 1.22 bits per heavy atom. The predicted octanol–water partition coefficient (Wildman–Crippen LogP) is 9.63. The van der Waals surface area contributed by atoms with E-state index in [0.717, 1.165) is 58.1 Å². The molecule has 0 radical (unpaired) electrons. The maximum absolute atomic E-state index is 13.1. The van der Waals surface area contributed by atoms with Crippen LogP contribution in [0.1, 0.15) is 99.1 Å². The van der Waals surface area contributed by atoms with Crippen LogP contribution >= 0.6 is 23.5 Å². The van der Waals surface area contributed by atoms with Crippen molar-refractivity contribution in [3.8, 4) is 11.5 Å². The molecule has 2 aliphatic heterocycles. The molecule has 4 aromatic carbocycles. The van der Waals surface area contributed by atoms with Crippen molar-refractivity contribution in [2.75, 3.05) is 50.3 Å². The van der Waals surface area contributed by atoms with Gasteiger partial charge >= 0.3 is 23.9 Å². The molecule has 360 valence electrons. The van der Waals surface area contributed by atoms with Gasteiger partial charge in [-0.15, -0.1) is 23.5 Å². The number of carboxylic acid groups (broad SMARTS) is 2. The van der Waals surface area contributed by atoms with Crippen molar-refractivity contribution in [3.05, 3.63) is 107 Å². The van der Waals surface area contributed by atoms with Crippen LogP contribution in [0.3, 0.4) is 0 Å². The molecule has 0 unspecified atom stereocenters. The van der Waals surface area contributed by atoms with Gasteiger partial charge in [0.2, 0.25) is 11.8 Å². The van der Waals surface area contributed by atoms with Gasteiger partial charge in [-0.3, -0.25) is 29.0 Å². The molecular formula is C51H62N2O12S2. The number of nitrogens with zero attached hydrogens (tertiary/aromatic N) is 2. The number of amides is 2. The lowest BCUT2D eigenvalue weighted by Crippen LogP contribution is -2.44. The average Bonchev–Trinajstić information content (AvgIpc) is 3.28. The Balaban J connectivity index is 0.000000266. The minimum atomic E-state index is -1.11. The summed E-state index contributed by atoms with van der Waals surface area (Å²) in [7, 11) is 3.24. The molecule has 16 heteroatoms. The molecule has 14 nitrogen and oxygen atoms in total. The third-order valence-electron chi connectivity index (χ3n) is 9.91. The number of fused-ring (bicyclic) bond motifs is 2. The van der Waals surface area contributed by atoms with E-state index in [4.69, 9.17) is 18.9 Å². The van der Waals surface area contributed by atoms with Crippen LogP contribution in [-0.2, 0) is 41.5 Å². The molecule has 4 aromatic rings. The molecule has 0 saturated carbocycles. The topological polar surface area (TPSA) is 186 Å². The molecule has 0 saturated heterocycles. The molecule has 2 heterocycles. The lowest BCUT2D eigenvalue weighted by atomic mass is 10.0. The van der Waals surface area contributed by atoms with Crippen LogP contribution in [0, 0.1) is 5.41 Å². The van der Waals surface area contributed by atoms with Crippen molar-refractivity contribution in [2.24, 2.45) is 5.41 Å². The third kappa shape index (κ3) is 16.7. The van der Waals surface area contributed by atoms with Gasteiger partial charge < -0.3 is 29.2 Å². The maximum Gasteiger partial charge on any atom is 0.338 e. The van der Waals surface area contributed by atoms with Crippen LogP contribution in [0.5, 0.6) is 11.5 Å². The smallest absolute Gasteiger partial charge is 0.338 e. The number of rotatable bonds is 18. The van der Waals surface area contributed by atoms with E-state index in [1.54, 1.807) is 52.3 Å². The molecule has 0 bridgehead atoms. The molecular weight excluding hydrogens is 897 g/mol. The monoisotopic (exact) mass is 958 g/mol. The molecule has 2 N–H and O–H groups in total. The second kappa shape index (κ2) is 25.8. The second-order valence-electron chi connectivity index (χ2n) is 17.1. The van der Waals surface area contributed by atoms with E-state index in [9.17, 15) is 39.0 Å². The van der Waals surface area contributed by atoms with Gasteiger partial charge in [0.25, 0.3) is 0 Å². The number of methoxy groups -OCH3 is 2. The van der Waals surface area contributed by atoms with Crippen molar-refractivity contribution in [1.29, 1.82) is 0 Å². The standard InChI is InChI=1S/2C23H25NO6S.C5H12/c2*1-3-30-23(28)16-9-12-19-18(13-16)24(14-21(25)26)22(27)20(31-19)6-4-5-15-7-10-17(29-2)11-8-15;1-5(2,3)4/h2*7-13,20H,3-6,14H2,1-2H3,(H,25,26);1-4H3/t2*20-;/m00./s1. The molecule has 0 fully saturated rings. The van der Waals surface area contributed by atoms with E-state index in [2.05, 4.69) is 27.7 Å². The summed E-state index contributed by atoms with van der Waals surface area (Å²) in [5.74, 6) is -2.13. The van der Waals surface area contributed by atoms with E-state index in [1.807, 2.05) is 48.5 Å². The van der Waals surface area contributed by atoms with Crippen molar-refractivity contribution >= 4 is 70.6 Å². The SMILES string of the molecule is CC(C)(C)C.CCOC(=O)c1ccc2c(c1)N(CC(=O)O)C(=O)[C@H](CCCc1ccc(OC)cc1)S2.CCOC(=O)c1ccc2c(c1)N(CC(=O)O)C(=O)[C@H](CCCc1ccc(OC)cc1)S2. The van der Waals surface area contributed by atoms with Crippen LogP contribution in [0.4, 0.5) is 11.4 Å². The molecule has 6 rings (SSSR count). The summed E-state index contributed by atoms with van der Waals surface area (Å²) < 4.78 is 20.4. The highest BCUT2D eigenvalue weighted by Crippen LogP contribution is 2.43. The summed E-state index contributed by atoms with van der Waals surface area (Å²) in [6, 6.07) is 25.5. The number of carboxylic acids is 2. The zero-order valence-corrected chi connectivity index (χ0v) is 41.1. The Hall–Kier alpha value is -6.00. The Bertz CT molecular complexity index is 2170. The van der Waals surface area contributed by atoms with Gasteiger partial charge in [0.05, 0.1) is 60.4 Å². The van der Waals surface area contributed by atoms with Crippen LogP contribution in [0.25, 0.3) is 0 Å². The molecule has 0 aliphatic carbocycles. The number of hydrogen-bond acceptors (Lipinski definition) is 12. The molecule has 2 atom stereocenters. The number of aliphatic carboxylic acids is 2. The van der Waals surface area contributed by atoms with Crippen molar-refractivity contribution in [3.63, 3.8) is 0 Å². The number of benzene rings is 4. The number of anilines is 2. The Morgan fingerprint density at radius 2 is 0.925 bits per heavy atom. The van der Waals surface area contributed by atoms with Crippen LogP contribution < -0.4 is 19.3 Å². The van der Waals surface area contributed by atoms with Gasteiger partial charge in [-0.1, -0.05) is 52.0 Å². The molecule has 2 aliphatic rings. The quantitative estimate of drug-likeness (QED) is 0.0898. The van der Waals surface area contributed by atoms with Gasteiger partial charge in [-0.05, 0) is 130 Å². The average molecular weight is 959 g/mol. The Kier molecular flexibility index (Phi) is 20.6. The highest BCUT2D eigenvalue weighted by molar-refractivity contribution is 8.01. The van der Waals surface area contributed by atoms with Gasteiger partial charge in [0.1, 0.15) is 24.6 Å². The summed E-state index contributed by atoms with van der Waals surface area (Å²) in [6.45, 7) is 11.7. The van der Waals surface area contributed by atoms with Crippen LogP contribution in [0.15, 0.2) is 94.7 Å². The first-order valence-corrected chi connectivity index (χ1v) is 23.9. The lowest BCUT2D eigenvalue weighted by molar-refractivity contribution is -0.137. The Labute approximate surface area is 401 Å². The summed E-state index contributed by atoms with van der Waals surface area (Å²) in [6.07, 6.45) is 4.42. The van der Waals surface area contributed by atoms with Crippen molar-refractivity contribution in [1.82, 2.24) is 0 Å². The number of ether oxygens (including phenoxy) is 4. The van der Waals surface area contributed by atoms with E-state index in [1.165, 1.54) is 45.5 Å². The fourth-order valence-electron chi connectivity index (χ4n) is 6.86. The van der Waals surface area contributed by atoms with Gasteiger partial charge in [0, 0.05) is 9.79 Å². The molecule has 0 spiro atoms. The molecule has 0 aromatic heterocycles. The zero-order chi connectivity index (χ0) is 49.3. The number of thioether (sulfide) groups is 2. The fraction of sp³-hybridized carbons (Fsp3) is 0.412. The van der Waals surface area contributed by atoms with Gasteiger partial charge in [-0.25, -0.2) is 9.59 Å². The number of aryl methyl sites for hydroxylation is 2. The highest BCUT2D eigenvalue weighted by Gasteiger charge is 2.36. The normalized spacial score (nSPS) is 15.1. The second-order valence-corrected chi connectivity index (χ2v) is 19.6. The lowest BCUT2D eigenvalue weighted by Gasteiger charge is -2.33. The Morgan fingerprint density at radius 1 is 0.582 bits per heavy atom. The number of hydrogen-bond donors (Lipinski definition) is 2. The minimum Gasteiger partial charge on any atom is -0.497 e. The number of esters is 2. The maximum atomic E-state index is 13.1. The first-order chi connectivity index (χ1) is 31.8. The number of carbonyl (C=O) groups is 6. The molecule has 2 amide bonds. The van der Waals surface area contributed by atoms with E-state index >= 15 is 0 Å². The molecule has 67 heavy (non-hydrogen) atoms. The van der Waals surface area contributed by atoms with E-state index < -0.39 is 37.0 Å². The largest absolute Gasteiger partial charge is 0.497 e. The fourth-order valence-corrected chi connectivity index (χ4v) is 9.37. The summed E-state index contributed by atoms with van der Waals surface area (Å²) in [4.78, 5) is 77.1. The zero-order valence-electron chi connectivity index (χ0n) is 39.5. The van der Waals surface area contributed by atoms with Gasteiger partial charge in [-0.2, -0.15) is 0 Å².